The van der Waals surface area contributed by atoms with Gasteiger partial charge in [-0.05, 0) is 55.3 Å². The Bertz CT molecular complexity index is 1210. The Hall–Kier alpha value is -4.20. The number of benzene rings is 2. The van der Waals surface area contributed by atoms with E-state index in [9.17, 15) is 14.4 Å². The van der Waals surface area contributed by atoms with Crippen molar-refractivity contribution in [1.29, 1.82) is 0 Å². The predicted molar refractivity (Wildman–Crippen MR) is 126 cm³/mol. The van der Waals surface area contributed by atoms with Crippen molar-refractivity contribution in [3.63, 3.8) is 0 Å². The number of pyridine rings is 1. The summed E-state index contributed by atoms with van der Waals surface area (Å²) in [7, 11) is 0. The molecular formula is C26H25N3O5. The third-order valence-electron chi connectivity index (χ3n) is 5.47. The van der Waals surface area contributed by atoms with Crippen LogP contribution < -0.4 is 19.7 Å². The molecule has 0 fully saturated rings. The molecule has 1 N–H and O–H groups in total. The molecule has 1 aromatic heterocycles. The number of carbonyl (C=O) groups is 3. The Kier molecular flexibility index (Phi) is 6.87. The lowest BCUT2D eigenvalue weighted by atomic mass is 10.1. The van der Waals surface area contributed by atoms with Crippen LogP contribution in [-0.4, -0.2) is 42.3 Å². The number of amides is 2. The highest BCUT2D eigenvalue weighted by atomic mass is 16.5. The Morgan fingerprint density at radius 2 is 1.88 bits per heavy atom. The summed E-state index contributed by atoms with van der Waals surface area (Å²) in [5.41, 5.74) is 3.34. The van der Waals surface area contributed by atoms with Gasteiger partial charge >= 0.3 is 0 Å². The van der Waals surface area contributed by atoms with E-state index in [1.54, 1.807) is 36.5 Å². The molecule has 0 unspecified atom stereocenters. The van der Waals surface area contributed by atoms with Gasteiger partial charge in [-0.3, -0.25) is 24.3 Å². The number of Topliss-reactive ketones (excluding diaryl/α,β-unsaturated/α-hetero) is 1. The van der Waals surface area contributed by atoms with Gasteiger partial charge in [-0.25, -0.2) is 0 Å². The molecule has 2 heterocycles. The third-order valence-corrected chi connectivity index (χ3v) is 5.47. The molecule has 174 valence electrons. The summed E-state index contributed by atoms with van der Waals surface area (Å²) in [4.78, 5) is 43.4. The first kappa shape index (κ1) is 23.0. The number of ketones is 1. The van der Waals surface area contributed by atoms with Crippen molar-refractivity contribution < 1.29 is 23.9 Å². The summed E-state index contributed by atoms with van der Waals surface area (Å²) in [6.45, 7) is 3.57. The number of aromatic nitrogens is 1. The van der Waals surface area contributed by atoms with Gasteiger partial charge in [0.25, 0.3) is 5.91 Å². The second-order valence-corrected chi connectivity index (χ2v) is 7.98. The van der Waals surface area contributed by atoms with Crippen molar-refractivity contribution in [2.45, 2.75) is 20.4 Å². The Balaban J connectivity index is 1.46. The van der Waals surface area contributed by atoms with Crippen LogP contribution in [0.4, 0.5) is 5.69 Å². The number of nitrogens with zero attached hydrogens (tertiary/aromatic N) is 2. The fraction of sp³-hybridized carbons (Fsp3) is 0.231. The summed E-state index contributed by atoms with van der Waals surface area (Å²) in [5, 5.41) is 2.76. The molecule has 0 aliphatic carbocycles. The van der Waals surface area contributed by atoms with Crippen molar-refractivity contribution in [1.82, 2.24) is 10.3 Å². The molecular weight excluding hydrogens is 434 g/mol. The van der Waals surface area contributed by atoms with Crippen LogP contribution in [0.3, 0.4) is 0 Å². The summed E-state index contributed by atoms with van der Waals surface area (Å²) >= 11 is 0. The van der Waals surface area contributed by atoms with E-state index < -0.39 is 0 Å². The van der Waals surface area contributed by atoms with E-state index in [4.69, 9.17) is 9.47 Å². The molecule has 0 saturated heterocycles. The zero-order chi connectivity index (χ0) is 24.1. The monoisotopic (exact) mass is 459 g/mol. The molecule has 0 saturated carbocycles. The zero-order valence-corrected chi connectivity index (χ0v) is 19.0. The van der Waals surface area contributed by atoms with Gasteiger partial charge in [0.1, 0.15) is 18.0 Å². The van der Waals surface area contributed by atoms with E-state index in [1.807, 2.05) is 38.1 Å². The summed E-state index contributed by atoms with van der Waals surface area (Å²) in [6, 6.07) is 16.0. The van der Waals surface area contributed by atoms with Crippen molar-refractivity contribution in [2.75, 3.05) is 24.7 Å². The maximum absolute atomic E-state index is 12.8. The number of nitrogens with one attached hydrogen (secondary N) is 1. The minimum absolute atomic E-state index is 0.149. The topological polar surface area (TPSA) is 97.8 Å². The second kappa shape index (κ2) is 10.2. The quantitative estimate of drug-likeness (QED) is 0.520. The average Bonchev–Trinajstić information content (AvgIpc) is 2.84. The van der Waals surface area contributed by atoms with E-state index in [0.29, 0.717) is 28.4 Å². The van der Waals surface area contributed by atoms with Gasteiger partial charge in [0.05, 0.1) is 17.9 Å². The molecule has 0 bridgehead atoms. The number of hydrogen-bond donors (Lipinski definition) is 1. The molecule has 1 aliphatic rings. The molecule has 0 atom stereocenters. The smallest absolute Gasteiger partial charge is 0.265 e. The molecule has 0 radical (unpaired) electrons. The second-order valence-electron chi connectivity index (χ2n) is 7.98. The highest BCUT2D eigenvalue weighted by Crippen LogP contribution is 2.33. The summed E-state index contributed by atoms with van der Waals surface area (Å²) in [6.07, 6.45) is 1.64. The van der Waals surface area contributed by atoms with Crippen LogP contribution in [0.15, 0.2) is 60.8 Å². The van der Waals surface area contributed by atoms with Crippen LogP contribution in [0.2, 0.25) is 0 Å². The first-order chi connectivity index (χ1) is 16.4. The van der Waals surface area contributed by atoms with Crippen molar-refractivity contribution in [2.24, 2.45) is 0 Å². The van der Waals surface area contributed by atoms with Crippen LogP contribution >= 0.6 is 0 Å². The van der Waals surface area contributed by atoms with Gasteiger partial charge in [0.2, 0.25) is 5.91 Å². The number of rotatable bonds is 8. The molecule has 1 aliphatic heterocycles. The standard InChI is InChI=1S/C26H25N3O5/c1-17-6-5-7-18(2)26(17)34-15-22(30)19-9-10-23-21(12-19)29(25(32)16-33-23)14-24(31)28-13-20-8-3-4-11-27-20/h3-12H,13-16H2,1-2H3,(H,28,31). The maximum Gasteiger partial charge on any atom is 0.265 e. The first-order valence-electron chi connectivity index (χ1n) is 10.9. The number of hydrogen-bond acceptors (Lipinski definition) is 6. The van der Waals surface area contributed by atoms with Crippen molar-refractivity contribution in [3.05, 3.63) is 83.2 Å². The Morgan fingerprint density at radius 3 is 2.62 bits per heavy atom. The van der Waals surface area contributed by atoms with E-state index >= 15 is 0 Å². The lowest BCUT2D eigenvalue weighted by Gasteiger charge is -2.29. The number of ether oxygens (including phenoxy) is 2. The van der Waals surface area contributed by atoms with Gasteiger partial charge < -0.3 is 14.8 Å². The molecule has 0 spiro atoms. The maximum atomic E-state index is 12.8. The number of para-hydroxylation sites is 1. The average molecular weight is 460 g/mol. The molecule has 8 heteroatoms. The predicted octanol–water partition coefficient (Wildman–Crippen LogP) is 3.00. The van der Waals surface area contributed by atoms with Crippen molar-refractivity contribution >= 4 is 23.3 Å². The highest BCUT2D eigenvalue weighted by molar-refractivity contribution is 6.04. The van der Waals surface area contributed by atoms with E-state index in [2.05, 4.69) is 10.3 Å². The zero-order valence-electron chi connectivity index (χ0n) is 19.0. The van der Waals surface area contributed by atoms with Gasteiger partial charge in [-0.2, -0.15) is 0 Å². The summed E-state index contributed by atoms with van der Waals surface area (Å²) in [5.74, 6) is 0.157. The number of aryl methyl sites for hydroxylation is 2. The fourth-order valence-corrected chi connectivity index (χ4v) is 3.69. The first-order valence-corrected chi connectivity index (χ1v) is 10.9. The molecule has 4 rings (SSSR count). The minimum Gasteiger partial charge on any atom is -0.485 e. The van der Waals surface area contributed by atoms with Gasteiger partial charge in [0.15, 0.2) is 19.0 Å². The highest BCUT2D eigenvalue weighted by Gasteiger charge is 2.28. The largest absolute Gasteiger partial charge is 0.485 e. The molecule has 34 heavy (non-hydrogen) atoms. The SMILES string of the molecule is Cc1cccc(C)c1OCC(=O)c1ccc2c(c1)N(CC(=O)NCc1ccccn1)C(=O)CO2. The lowest BCUT2D eigenvalue weighted by Crippen LogP contribution is -2.45. The van der Waals surface area contributed by atoms with Crippen LogP contribution in [-0.2, 0) is 16.1 Å². The summed E-state index contributed by atoms with van der Waals surface area (Å²) < 4.78 is 11.3. The van der Waals surface area contributed by atoms with E-state index in [1.165, 1.54) is 4.90 Å². The molecule has 3 aromatic rings. The van der Waals surface area contributed by atoms with Crippen LogP contribution in [0.1, 0.15) is 27.2 Å². The van der Waals surface area contributed by atoms with Crippen LogP contribution in [0.5, 0.6) is 11.5 Å². The Morgan fingerprint density at radius 1 is 1.09 bits per heavy atom. The normalized spacial score (nSPS) is 12.5. The van der Waals surface area contributed by atoms with Crippen LogP contribution in [0.25, 0.3) is 0 Å². The van der Waals surface area contributed by atoms with E-state index in [-0.39, 0.29) is 43.9 Å². The van der Waals surface area contributed by atoms with Gasteiger partial charge in [0, 0.05) is 11.8 Å². The molecule has 2 aromatic carbocycles. The number of fused-ring (bicyclic) bond motifs is 1. The fourth-order valence-electron chi connectivity index (χ4n) is 3.69. The van der Waals surface area contributed by atoms with Gasteiger partial charge in [-0.1, -0.05) is 24.3 Å². The Labute approximate surface area is 197 Å². The molecule has 2 amide bonds. The number of anilines is 1. The molecule has 8 nitrogen and oxygen atoms in total. The van der Waals surface area contributed by atoms with Crippen LogP contribution in [0, 0.1) is 13.8 Å². The lowest BCUT2D eigenvalue weighted by molar-refractivity contribution is -0.125. The minimum atomic E-state index is -0.364. The van der Waals surface area contributed by atoms with E-state index in [0.717, 1.165) is 11.1 Å². The third kappa shape index (κ3) is 5.23. The van der Waals surface area contributed by atoms with Gasteiger partial charge in [-0.15, -0.1) is 0 Å². The van der Waals surface area contributed by atoms with Crippen molar-refractivity contribution in [3.8, 4) is 11.5 Å². The number of carbonyl (C=O) groups excluding carboxylic acids is 3.